The second-order valence-corrected chi connectivity index (χ2v) is 16.4. The van der Waals surface area contributed by atoms with Crippen LogP contribution in [0.2, 0.25) is 0 Å². The Bertz CT molecular complexity index is 1510. The first kappa shape index (κ1) is 55.9. The average molecular weight is 875 g/mol. The van der Waals surface area contributed by atoms with E-state index in [-0.39, 0.29) is 37.5 Å². The number of hydrogen-bond acceptors (Lipinski definition) is 15. The molecule has 7 amide bonds. The van der Waals surface area contributed by atoms with Crippen LogP contribution in [0.5, 0.6) is 0 Å². The molecule has 0 aromatic heterocycles. The monoisotopic (exact) mass is 875 g/mol. The van der Waals surface area contributed by atoms with Crippen molar-refractivity contribution >= 4 is 47.3 Å². The van der Waals surface area contributed by atoms with Gasteiger partial charge in [0.2, 0.25) is 41.4 Å². The lowest BCUT2D eigenvalue weighted by Crippen LogP contribution is -2.62. The van der Waals surface area contributed by atoms with Crippen molar-refractivity contribution in [3.8, 4) is 0 Å². The first-order valence-corrected chi connectivity index (χ1v) is 20.0. The number of rotatable bonds is 28. The fourth-order valence-electron chi connectivity index (χ4n) is 5.53. The minimum Gasteiger partial charge on any atom is -0.480 e. The van der Waals surface area contributed by atoms with E-state index in [9.17, 15) is 53.7 Å². The molecule has 0 aliphatic heterocycles. The minimum absolute atomic E-state index is 0.00953. The van der Waals surface area contributed by atoms with Crippen molar-refractivity contribution in [2.45, 2.75) is 136 Å². The topological polar surface area (TPSA) is 386 Å². The molecule has 0 aliphatic rings. The zero-order valence-electron chi connectivity index (χ0n) is 36.4. The predicted molar refractivity (Wildman–Crippen MR) is 221 cm³/mol. The molecule has 0 saturated heterocycles. The summed E-state index contributed by atoms with van der Waals surface area (Å²) >= 11 is 0. The van der Waals surface area contributed by atoms with Gasteiger partial charge in [-0.05, 0) is 43.4 Å². The predicted octanol–water partition coefficient (Wildman–Crippen LogP) is -4.91. The Kier molecular flexibility index (Phi) is 24.7. The summed E-state index contributed by atoms with van der Waals surface area (Å²) in [6.07, 6.45) is -2.04. The third-order valence-electron chi connectivity index (χ3n) is 9.37. The van der Waals surface area contributed by atoms with Crippen molar-refractivity contribution < 1.29 is 63.9 Å². The number of amides is 7. The van der Waals surface area contributed by atoms with Gasteiger partial charge < -0.3 is 79.5 Å². The molecule has 0 aliphatic carbocycles. The summed E-state index contributed by atoms with van der Waals surface area (Å²) < 4.78 is 0. The standard InChI is InChI=1S/C38H70N10O13/c1-10-19(4)28(36(59)48-29(20(5)51)35(58)42-15-26(52)43-24(16-49)33(56)46-25(17-50)37(60)61)47-31(54)22(12-11-13-41-21(6)39)44-32(55)23(14-38(7,8)9)45-34(57)27(40)30(53)18(2)3/h18-20,22-25,27-30,41,49-51,53H,6,10-17,39-40H2,1-5,7-9H3,(H,42,58)(H,43,52)(H,44,55)(H,45,57)(H,46,56)(H,47,54)(H,48,59)(H,60,61)/t19-,20-,22+,23-,24-,25-,27-,28-,29-,30+/m0/s1. The van der Waals surface area contributed by atoms with Gasteiger partial charge in [0.1, 0.15) is 42.3 Å². The third kappa shape index (κ3) is 20.8. The lowest BCUT2D eigenvalue weighted by molar-refractivity contribution is -0.143. The molecule has 0 heterocycles. The molecule has 23 heteroatoms. The van der Waals surface area contributed by atoms with Crippen molar-refractivity contribution in [3.63, 3.8) is 0 Å². The number of carboxylic acid groups (broad SMARTS) is 1. The fourth-order valence-corrected chi connectivity index (χ4v) is 5.53. The Morgan fingerprint density at radius 1 is 0.672 bits per heavy atom. The number of carbonyl (C=O) groups is 8. The van der Waals surface area contributed by atoms with Gasteiger partial charge in [-0.1, -0.05) is 61.5 Å². The molecular formula is C38H70N10O13. The molecule has 0 spiro atoms. The van der Waals surface area contributed by atoms with Crippen LogP contribution in [0.4, 0.5) is 0 Å². The fraction of sp³-hybridized carbons (Fsp3) is 0.737. The molecule has 0 saturated carbocycles. The summed E-state index contributed by atoms with van der Waals surface area (Å²) in [5.41, 5.74) is 11.1. The van der Waals surface area contributed by atoms with E-state index in [1.807, 2.05) is 26.1 Å². The summed E-state index contributed by atoms with van der Waals surface area (Å²) in [4.78, 5) is 104. The number of hydrogen-bond donors (Lipinski definition) is 15. The van der Waals surface area contributed by atoms with Crippen LogP contribution in [0.25, 0.3) is 0 Å². The molecule has 17 N–H and O–H groups in total. The highest BCUT2D eigenvalue weighted by Gasteiger charge is 2.36. The molecule has 61 heavy (non-hydrogen) atoms. The Balaban J connectivity index is 6.24. The normalized spacial score (nSPS) is 16.4. The Morgan fingerprint density at radius 2 is 1.18 bits per heavy atom. The molecule has 0 rings (SSSR count). The van der Waals surface area contributed by atoms with Gasteiger partial charge in [-0.15, -0.1) is 0 Å². The van der Waals surface area contributed by atoms with Crippen LogP contribution in [0, 0.1) is 17.3 Å². The number of nitrogens with two attached hydrogens (primary N) is 2. The van der Waals surface area contributed by atoms with E-state index in [1.54, 1.807) is 27.7 Å². The summed E-state index contributed by atoms with van der Waals surface area (Å²) in [7, 11) is 0. The Morgan fingerprint density at radius 3 is 1.66 bits per heavy atom. The summed E-state index contributed by atoms with van der Waals surface area (Å²) in [5.74, 6) is -8.84. The first-order chi connectivity index (χ1) is 28.2. The van der Waals surface area contributed by atoms with Gasteiger partial charge in [0.15, 0.2) is 0 Å². The van der Waals surface area contributed by atoms with Gasteiger partial charge in [-0.25, -0.2) is 4.79 Å². The highest BCUT2D eigenvalue weighted by Crippen LogP contribution is 2.21. The maximum absolute atomic E-state index is 14.0. The van der Waals surface area contributed by atoms with Crippen molar-refractivity contribution in [1.82, 2.24) is 42.5 Å². The van der Waals surface area contributed by atoms with E-state index in [4.69, 9.17) is 21.7 Å². The van der Waals surface area contributed by atoms with Crippen molar-refractivity contribution in [2.24, 2.45) is 28.7 Å². The van der Waals surface area contributed by atoms with Crippen LogP contribution >= 0.6 is 0 Å². The zero-order chi connectivity index (χ0) is 47.4. The van der Waals surface area contributed by atoms with Gasteiger partial charge in [0.25, 0.3) is 0 Å². The molecule has 0 fully saturated rings. The van der Waals surface area contributed by atoms with Crippen LogP contribution < -0.4 is 54.0 Å². The van der Waals surface area contributed by atoms with E-state index in [0.29, 0.717) is 6.42 Å². The maximum Gasteiger partial charge on any atom is 0.328 e. The SMILES string of the molecule is C=C(N)NCCC[C@@H](NC(=O)[C@H](CC(C)(C)C)NC(=O)[C@@H](N)[C@H](O)C(C)C)C(=O)N[C@H](C(=O)N[C@H](C(=O)NCC(=O)N[C@@H](CO)C(=O)N[C@@H](CO)C(=O)O)[C@H](C)O)[C@@H](C)CC. The smallest absolute Gasteiger partial charge is 0.328 e. The van der Waals surface area contributed by atoms with Crippen LogP contribution in [0.15, 0.2) is 12.4 Å². The van der Waals surface area contributed by atoms with Gasteiger partial charge in [-0.3, -0.25) is 33.6 Å². The molecule has 350 valence electrons. The highest BCUT2D eigenvalue weighted by atomic mass is 16.4. The first-order valence-electron chi connectivity index (χ1n) is 20.0. The third-order valence-corrected chi connectivity index (χ3v) is 9.37. The van der Waals surface area contributed by atoms with Gasteiger partial charge in [-0.2, -0.15) is 0 Å². The molecule has 0 aromatic rings. The van der Waals surface area contributed by atoms with Crippen molar-refractivity contribution in [3.05, 3.63) is 12.4 Å². The van der Waals surface area contributed by atoms with Crippen molar-refractivity contribution in [1.29, 1.82) is 0 Å². The molecule has 0 bridgehead atoms. The Labute approximate surface area is 356 Å². The number of aliphatic hydroxyl groups excluding tert-OH is 4. The quantitative estimate of drug-likeness (QED) is 0.0328. The Hall–Kier alpha value is -5.10. The lowest BCUT2D eigenvalue weighted by Gasteiger charge is -2.31. The maximum atomic E-state index is 14.0. The average Bonchev–Trinajstić information content (AvgIpc) is 3.17. The number of aliphatic carboxylic acids is 1. The largest absolute Gasteiger partial charge is 0.480 e. The minimum atomic E-state index is -1.72. The number of aliphatic hydroxyl groups is 4. The van der Waals surface area contributed by atoms with E-state index in [2.05, 4.69) is 43.8 Å². The van der Waals surface area contributed by atoms with Gasteiger partial charge >= 0.3 is 5.97 Å². The number of nitrogens with one attached hydrogen (secondary N) is 8. The summed E-state index contributed by atoms with van der Waals surface area (Å²) in [6, 6.07) is -10.2. The van der Waals surface area contributed by atoms with Crippen LogP contribution in [-0.4, -0.2) is 154 Å². The molecule has 0 radical (unpaired) electrons. The number of carbonyl (C=O) groups excluding carboxylic acids is 7. The second kappa shape index (κ2) is 27.0. The van der Waals surface area contributed by atoms with Gasteiger partial charge in [0.05, 0.1) is 37.8 Å². The summed E-state index contributed by atoms with van der Waals surface area (Å²) in [5, 5.41) is 67.8. The molecule has 23 nitrogen and oxygen atoms in total. The molecule has 0 aromatic carbocycles. The van der Waals surface area contributed by atoms with Crippen LogP contribution in [0.1, 0.15) is 81.1 Å². The van der Waals surface area contributed by atoms with E-state index in [0.717, 1.165) is 0 Å². The zero-order valence-corrected chi connectivity index (χ0v) is 36.4. The van der Waals surface area contributed by atoms with E-state index >= 15 is 0 Å². The van der Waals surface area contributed by atoms with E-state index < -0.39 is 133 Å². The molecule has 0 unspecified atom stereocenters. The van der Waals surface area contributed by atoms with Crippen molar-refractivity contribution in [2.75, 3.05) is 26.3 Å². The molecule has 10 atom stereocenters. The van der Waals surface area contributed by atoms with E-state index in [1.165, 1.54) is 6.92 Å². The van der Waals surface area contributed by atoms with Gasteiger partial charge in [0, 0.05) is 6.54 Å². The second-order valence-electron chi connectivity index (χ2n) is 16.4. The number of carboxylic acids is 1. The lowest BCUT2D eigenvalue weighted by atomic mass is 9.87. The van der Waals surface area contributed by atoms with Crippen LogP contribution in [-0.2, 0) is 38.4 Å². The highest BCUT2D eigenvalue weighted by molar-refractivity contribution is 5.97. The molecular weight excluding hydrogens is 804 g/mol. The van der Waals surface area contributed by atoms with Crippen LogP contribution in [0.3, 0.4) is 0 Å². The summed E-state index contributed by atoms with van der Waals surface area (Å²) in [6.45, 7) is 14.4.